The van der Waals surface area contributed by atoms with Crippen LogP contribution in [0.15, 0.2) is 53.9 Å². The highest BCUT2D eigenvalue weighted by atomic mass is 32.2. The molecule has 1 atom stereocenters. The molecule has 4 rings (SSSR count). The minimum Gasteiger partial charge on any atom is -0.349 e. The van der Waals surface area contributed by atoms with Crippen LogP contribution in [0.2, 0.25) is 0 Å². The third kappa shape index (κ3) is 3.83. The summed E-state index contributed by atoms with van der Waals surface area (Å²) in [6, 6.07) is 7.85. The van der Waals surface area contributed by atoms with Crippen LogP contribution in [0.4, 0.5) is 0 Å². The summed E-state index contributed by atoms with van der Waals surface area (Å²) in [6.07, 6.45) is 10.7. The van der Waals surface area contributed by atoms with Gasteiger partial charge in [0.1, 0.15) is 0 Å². The first-order valence-electron chi connectivity index (χ1n) is 8.76. The van der Waals surface area contributed by atoms with Gasteiger partial charge in [0.05, 0.1) is 33.8 Å². The molecule has 1 aliphatic carbocycles. The second-order valence-electron chi connectivity index (χ2n) is 6.78. The van der Waals surface area contributed by atoms with Crippen LogP contribution in [-0.4, -0.2) is 37.2 Å². The van der Waals surface area contributed by atoms with Crippen molar-refractivity contribution in [3.05, 3.63) is 60.2 Å². The molecule has 2 heterocycles. The van der Waals surface area contributed by atoms with Crippen molar-refractivity contribution in [2.24, 2.45) is 0 Å². The molecule has 1 fully saturated rings. The maximum absolute atomic E-state index is 12.3. The molecular weight excluding hydrogens is 360 g/mol. The highest BCUT2D eigenvalue weighted by Gasteiger charge is 2.24. The number of rotatable bonds is 5. The van der Waals surface area contributed by atoms with Gasteiger partial charge in [0.15, 0.2) is 0 Å². The first-order chi connectivity index (χ1) is 13.0. The lowest BCUT2D eigenvalue weighted by Crippen LogP contribution is -2.25. The third-order valence-corrected chi connectivity index (χ3v) is 5.49. The molecule has 3 aromatic rings. The van der Waals surface area contributed by atoms with E-state index in [0.29, 0.717) is 16.5 Å². The Morgan fingerprint density at radius 1 is 1.22 bits per heavy atom. The predicted octanol–water partition coefficient (Wildman–Crippen LogP) is 2.87. The largest absolute Gasteiger partial charge is 0.349 e. The van der Waals surface area contributed by atoms with E-state index in [1.54, 1.807) is 29.5 Å². The van der Waals surface area contributed by atoms with E-state index < -0.39 is 10.8 Å². The summed E-state index contributed by atoms with van der Waals surface area (Å²) in [7, 11) is -1.10. The lowest BCUT2D eigenvalue weighted by molar-refractivity contribution is 0.0951. The average Bonchev–Trinajstić information content (AvgIpc) is 3.34. The van der Waals surface area contributed by atoms with Gasteiger partial charge in [-0.05, 0) is 49.1 Å². The van der Waals surface area contributed by atoms with Crippen LogP contribution in [-0.2, 0) is 10.8 Å². The number of hydrogen-bond donors (Lipinski definition) is 1. The van der Waals surface area contributed by atoms with Crippen molar-refractivity contribution in [2.75, 3.05) is 6.26 Å². The second kappa shape index (κ2) is 7.08. The summed E-state index contributed by atoms with van der Waals surface area (Å²) < 4.78 is 13.4. The Hall–Kier alpha value is -2.80. The van der Waals surface area contributed by atoms with E-state index >= 15 is 0 Å². The van der Waals surface area contributed by atoms with E-state index in [1.807, 2.05) is 37.4 Å². The Morgan fingerprint density at radius 2 is 2.04 bits per heavy atom. The second-order valence-corrected chi connectivity index (χ2v) is 8.16. The normalized spacial score (nSPS) is 14.7. The van der Waals surface area contributed by atoms with Gasteiger partial charge in [-0.1, -0.05) is 6.07 Å². The molecule has 7 heteroatoms. The van der Waals surface area contributed by atoms with Crippen molar-refractivity contribution >= 4 is 16.7 Å². The van der Waals surface area contributed by atoms with E-state index in [9.17, 15) is 9.00 Å². The number of nitrogens with one attached hydrogen (secondary N) is 1. The molecule has 1 N–H and O–H groups in total. The number of carbonyl (C=O) groups excluding carboxylic acids is 1. The summed E-state index contributed by atoms with van der Waals surface area (Å²) >= 11 is 0. The quantitative estimate of drug-likeness (QED) is 0.738. The number of hydrogen-bond acceptors (Lipinski definition) is 4. The number of amides is 1. The Labute approximate surface area is 160 Å². The number of benzene rings is 1. The van der Waals surface area contributed by atoms with Crippen LogP contribution >= 0.6 is 0 Å². The van der Waals surface area contributed by atoms with E-state index in [1.165, 1.54) is 0 Å². The maximum Gasteiger partial charge on any atom is 0.251 e. The fourth-order valence-electron chi connectivity index (χ4n) is 2.86. The number of pyridine rings is 1. The summed E-state index contributed by atoms with van der Waals surface area (Å²) in [5.41, 5.74) is 4.35. The van der Waals surface area contributed by atoms with Crippen LogP contribution in [0.25, 0.3) is 16.8 Å². The van der Waals surface area contributed by atoms with Crippen molar-refractivity contribution in [1.82, 2.24) is 20.1 Å². The van der Waals surface area contributed by atoms with Crippen molar-refractivity contribution in [2.45, 2.75) is 30.7 Å². The molecule has 1 aromatic carbocycles. The molecule has 0 aliphatic heterocycles. The molecule has 2 aromatic heterocycles. The molecule has 0 saturated heterocycles. The Balaban J connectivity index is 1.65. The molecule has 0 bridgehead atoms. The van der Waals surface area contributed by atoms with Gasteiger partial charge in [0.2, 0.25) is 0 Å². The zero-order valence-electron chi connectivity index (χ0n) is 15.2. The molecule has 27 heavy (non-hydrogen) atoms. The predicted molar refractivity (Wildman–Crippen MR) is 104 cm³/mol. The Morgan fingerprint density at radius 3 is 2.78 bits per heavy atom. The Kier molecular flexibility index (Phi) is 4.61. The fourth-order valence-corrected chi connectivity index (χ4v) is 3.36. The molecule has 138 valence electrons. The average molecular weight is 380 g/mol. The van der Waals surface area contributed by atoms with Crippen molar-refractivity contribution in [3.63, 3.8) is 0 Å². The molecule has 1 aliphatic rings. The van der Waals surface area contributed by atoms with E-state index in [0.717, 1.165) is 35.2 Å². The highest BCUT2D eigenvalue weighted by molar-refractivity contribution is 7.84. The first-order valence-corrected chi connectivity index (χ1v) is 10.3. The highest BCUT2D eigenvalue weighted by Crippen LogP contribution is 2.26. The van der Waals surface area contributed by atoms with Gasteiger partial charge in [-0.15, -0.1) is 0 Å². The third-order valence-electron chi connectivity index (χ3n) is 4.60. The number of aryl methyl sites for hydroxylation is 1. The zero-order chi connectivity index (χ0) is 19.0. The van der Waals surface area contributed by atoms with Crippen molar-refractivity contribution in [1.29, 1.82) is 0 Å². The summed E-state index contributed by atoms with van der Waals surface area (Å²) in [6.45, 7) is 2.01. The molecule has 0 spiro atoms. The molecule has 6 nitrogen and oxygen atoms in total. The minimum absolute atomic E-state index is 0.0338. The topological polar surface area (TPSA) is 76.9 Å². The van der Waals surface area contributed by atoms with E-state index in [2.05, 4.69) is 15.4 Å². The maximum atomic E-state index is 12.3. The van der Waals surface area contributed by atoms with Crippen LogP contribution in [0.3, 0.4) is 0 Å². The van der Waals surface area contributed by atoms with Crippen molar-refractivity contribution in [3.8, 4) is 16.8 Å². The van der Waals surface area contributed by atoms with Crippen LogP contribution < -0.4 is 5.32 Å². The van der Waals surface area contributed by atoms with E-state index in [-0.39, 0.29) is 5.91 Å². The van der Waals surface area contributed by atoms with Gasteiger partial charge in [-0.3, -0.25) is 14.0 Å². The number of aromatic nitrogens is 3. The summed E-state index contributed by atoms with van der Waals surface area (Å²) in [5.74, 6) is -0.0338. The van der Waals surface area contributed by atoms with E-state index in [4.69, 9.17) is 0 Å². The first kappa shape index (κ1) is 17.6. The van der Waals surface area contributed by atoms with Gasteiger partial charge in [0, 0.05) is 35.8 Å². The number of carbonyl (C=O) groups is 1. The smallest absolute Gasteiger partial charge is 0.251 e. The SMILES string of the molecule is Cc1ccc(C(=O)NC2CC2)cc1-c1cnn(-c2cncc(S(C)=O)c2)c1. The fraction of sp³-hybridized carbons (Fsp3) is 0.250. The monoisotopic (exact) mass is 380 g/mol. The van der Waals surface area contributed by atoms with Crippen LogP contribution in [0, 0.1) is 6.92 Å². The summed E-state index contributed by atoms with van der Waals surface area (Å²) in [4.78, 5) is 17.1. The van der Waals surface area contributed by atoms with Gasteiger partial charge in [-0.2, -0.15) is 5.10 Å². The molecular formula is C20H20N4O2S. The van der Waals surface area contributed by atoms with Crippen LogP contribution in [0.5, 0.6) is 0 Å². The molecule has 0 radical (unpaired) electrons. The van der Waals surface area contributed by atoms with Crippen molar-refractivity contribution < 1.29 is 9.00 Å². The van der Waals surface area contributed by atoms with Gasteiger partial charge < -0.3 is 5.32 Å². The standard InChI is InChI=1S/C20H20N4O2S/c1-13-3-4-14(20(25)23-16-5-6-16)7-19(13)15-9-22-24(12-15)17-8-18(27(2)26)11-21-10-17/h3-4,7-12,16H,5-6H2,1-2H3,(H,23,25). The Bertz CT molecular complexity index is 1040. The molecule has 1 unspecified atom stereocenters. The minimum atomic E-state index is -1.10. The van der Waals surface area contributed by atoms with Gasteiger partial charge in [0.25, 0.3) is 5.91 Å². The zero-order valence-corrected chi connectivity index (χ0v) is 16.0. The molecule has 1 amide bonds. The molecule has 1 saturated carbocycles. The van der Waals surface area contributed by atoms with Crippen LogP contribution in [0.1, 0.15) is 28.8 Å². The van der Waals surface area contributed by atoms with Gasteiger partial charge in [-0.25, -0.2) is 4.68 Å². The van der Waals surface area contributed by atoms with Gasteiger partial charge >= 0.3 is 0 Å². The summed E-state index contributed by atoms with van der Waals surface area (Å²) in [5, 5.41) is 7.43. The number of nitrogens with zero attached hydrogens (tertiary/aromatic N) is 3. The lowest BCUT2D eigenvalue weighted by Gasteiger charge is -2.08. The lowest BCUT2D eigenvalue weighted by atomic mass is 10.0.